The minimum Gasteiger partial charge on any atom is -0.482 e. The molecule has 0 aromatic heterocycles. The van der Waals surface area contributed by atoms with E-state index in [0.717, 1.165) is 102 Å². The average Bonchev–Trinajstić information content (AvgIpc) is 3.06. The number of benzene rings is 5. The van der Waals surface area contributed by atoms with Crippen LogP contribution in [0.3, 0.4) is 0 Å². The van der Waals surface area contributed by atoms with Gasteiger partial charge in [0.2, 0.25) is 0 Å². The lowest BCUT2D eigenvalue weighted by atomic mass is 9.76. The second kappa shape index (κ2) is 8.84. The topological polar surface area (TPSA) is 84.0 Å². The molecule has 0 saturated heterocycles. The SMILES string of the molecule is CC1(C)Oc2cc3c4c(ccc5c6ccc7c8c(cc1c(c2c45)c86)C(=O)N(C1CCCCC1)C7=O)C(=O)N(C1CCCCC1)C3=O. The van der Waals surface area contributed by atoms with Crippen LogP contribution in [-0.4, -0.2) is 45.5 Å². The smallest absolute Gasteiger partial charge is 0.261 e. The molecule has 0 N–H and O–H groups in total. The molecule has 5 aromatic rings. The molecule has 0 radical (unpaired) electrons. The van der Waals surface area contributed by atoms with Gasteiger partial charge in [-0.3, -0.25) is 29.0 Å². The Hall–Kier alpha value is -4.52. The molecule has 10 rings (SSSR count). The number of carbonyl (C=O) groups is 4. The van der Waals surface area contributed by atoms with Crippen molar-refractivity contribution in [1.82, 2.24) is 9.80 Å². The number of rotatable bonds is 2. The molecular weight excluding hydrogens is 576 g/mol. The first-order chi connectivity index (χ1) is 22.3. The third kappa shape index (κ3) is 3.14. The lowest BCUT2D eigenvalue weighted by Crippen LogP contribution is -2.48. The summed E-state index contributed by atoms with van der Waals surface area (Å²) >= 11 is 0. The van der Waals surface area contributed by atoms with Crippen molar-refractivity contribution in [2.24, 2.45) is 0 Å². The molecule has 0 atom stereocenters. The van der Waals surface area contributed by atoms with Crippen LogP contribution < -0.4 is 4.74 Å². The first kappa shape index (κ1) is 26.7. The molecule has 230 valence electrons. The van der Waals surface area contributed by atoms with E-state index < -0.39 is 5.60 Å². The molecule has 0 spiro atoms. The van der Waals surface area contributed by atoms with E-state index in [-0.39, 0.29) is 35.7 Å². The van der Waals surface area contributed by atoms with Crippen molar-refractivity contribution in [2.75, 3.05) is 0 Å². The van der Waals surface area contributed by atoms with Gasteiger partial charge in [-0.1, -0.05) is 50.7 Å². The fraction of sp³-hybridized carbons (Fsp3) is 0.385. The maximum atomic E-state index is 14.3. The van der Waals surface area contributed by atoms with Gasteiger partial charge in [0.1, 0.15) is 11.4 Å². The highest BCUT2D eigenvalue weighted by Gasteiger charge is 2.44. The van der Waals surface area contributed by atoms with Crippen molar-refractivity contribution in [2.45, 2.75) is 95.7 Å². The molecule has 4 amide bonds. The van der Waals surface area contributed by atoms with E-state index in [0.29, 0.717) is 38.8 Å². The van der Waals surface area contributed by atoms with Crippen molar-refractivity contribution < 1.29 is 23.9 Å². The van der Waals surface area contributed by atoms with Crippen LogP contribution in [0.5, 0.6) is 5.75 Å². The van der Waals surface area contributed by atoms with Gasteiger partial charge in [-0.2, -0.15) is 0 Å². The largest absolute Gasteiger partial charge is 0.482 e. The Kier molecular flexibility index (Phi) is 5.13. The van der Waals surface area contributed by atoms with Crippen LogP contribution in [0.15, 0.2) is 36.4 Å². The van der Waals surface area contributed by atoms with Gasteiger partial charge in [-0.05, 0) is 80.0 Å². The summed E-state index contributed by atoms with van der Waals surface area (Å²) < 4.78 is 6.79. The fourth-order valence-electron chi connectivity index (χ4n) is 9.69. The molecule has 5 aromatic carbocycles. The van der Waals surface area contributed by atoms with Gasteiger partial charge in [-0.15, -0.1) is 0 Å². The number of imide groups is 2. The molecule has 0 bridgehead atoms. The van der Waals surface area contributed by atoms with E-state index >= 15 is 0 Å². The molecule has 3 heterocycles. The molecule has 7 heteroatoms. The lowest BCUT2D eigenvalue weighted by Gasteiger charge is -2.40. The van der Waals surface area contributed by atoms with Crippen LogP contribution in [-0.2, 0) is 5.60 Å². The summed E-state index contributed by atoms with van der Waals surface area (Å²) in [5.41, 5.74) is 2.25. The number of fused-ring (bicyclic) bond motifs is 1. The second-order valence-electron chi connectivity index (χ2n) is 14.6. The molecule has 5 aliphatic rings. The van der Waals surface area contributed by atoms with Crippen molar-refractivity contribution in [1.29, 1.82) is 0 Å². The van der Waals surface area contributed by atoms with Crippen LogP contribution >= 0.6 is 0 Å². The van der Waals surface area contributed by atoms with Crippen molar-refractivity contribution in [3.8, 4) is 5.75 Å². The van der Waals surface area contributed by atoms with Gasteiger partial charge < -0.3 is 4.74 Å². The maximum Gasteiger partial charge on any atom is 0.261 e. The number of nitrogens with zero attached hydrogens (tertiary/aromatic N) is 2. The highest BCUT2D eigenvalue weighted by molar-refractivity contribution is 6.43. The first-order valence-electron chi connectivity index (χ1n) is 17.0. The Morgan fingerprint density at radius 2 is 1.00 bits per heavy atom. The van der Waals surface area contributed by atoms with Crippen molar-refractivity contribution in [3.63, 3.8) is 0 Å². The van der Waals surface area contributed by atoms with Crippen LogP contribution in [0.1, 0.15) is 125 Å². The van der Waals surface area contributed by atoms with Crippen LogP contribution in [0.4, 0.5) is 0 Å². The van der Waals surface area contributed by atoms with Gasteiger partial charge in [0.15, 0.2) is 0 Å². The molecule has 3 aliphatic heterocycles. The second-order valence-corrected chi connectivity index (χ2v) is 14.6. The quantitative estimate of drug-likeness (QED) is 0.114. The summed E-state index contributed by atoms with van der Waals surface area (Å²) in [5, 5.41) is 6.72. The van der Waals surface area contributed by atoms with E-state index in [1.165, 1.54) is 9.80 Å². The minimum atomic E-state index is -0.816. The number of hydrogen-bond acceptors (Lipinski definition) is 5. The van der Waals surface area contributed by atoms with Crippen molar-refractivity contribution in [3.05, 3.63) is 64.2 Å². The van der Waals surface area contributed by atoms with E-state index in [9.17, 15) is 19.2 Å². The number of ether oxygens (including phenoxy) is 1. The van der Waals surface area contributed by atoms with Crippen LogP contribution in [0, 0.1) is 0 Å². The fourth-order valence-corrected chi connectivity index (χ4v) is 9.69. The lowest BCUT2D eigenvalue weighted by molar-refractivity contribution is 0.0486. The molecule has 7 nitrogen and oxygen atoms in total. The Bertz CT molecular complexity index is 2270. The number of carbonyl (C=O) groups excluding carboxylic acids is 4. The van der Waals surface area contributed by atoms with Gasteiger partial charge in [0.25, 0.3) is 23.6 Å². The van der Waals surface area contributed by atoms with Crippen LogP contribution in [0.25, 0.3) is 43.1 Å². The summed E-state index contributed by atoms with van der Waals surface area (Å²) in [5.74, 6) is -0.290. The molecule has 2 fully saturated rings. The van der Waals surface area contributed by atoms with E-state index in [4.69, 9.17) is 4.74 Å². The molecule has 46 heavy (non-hydrogen) atoms. The van der Waals surface area contributed by atoms with E-state index in [2.05, 4.69) is 0 Å². The van der Waals surface area contributed by atoms with Gasteiger partial charge >= 0.3 is 0 Å². The summed E-state index contributed by atoms with van der Waals surface area (Å²) in [6.07, 6.45) is 9.68. The molecular formula is C39H34N2O5. The zero-order valence-electron chi connectivity index (χ0n) is 26.1. The minimum absolute atomic E-state index is 0.0865. The standard InChI is InChI=1S/C39H34N2O5/c1-39(2)27-17-25-29-23(35(42)40(37(25)44)19-9-5-3-6-10-19)15-13-21-22-14-16-24-30-26(18-28(46-39)34(32(22)30)33(27)31(21)29)38(45)41(36(24)43)20-11-7-4-8-12-20/h13-20H,3-12H2,1-2H3. The summed E-state index contributed by atoms with van der Waals surface area (Å²) in [6, 6.07) is 11.4. The highest BCUT2D eigenvalue weighted by atomic mass is 16.5. The molecule has 2 aliphatic carbocycles. The normalized spacial score (nSPS) is 21.5. The summed E-state index contributed by atoms with van der Waals surface area (Å²) in [7, 11) is 0. The van der Waals surface area contributed by atoms with Gasteiger partial charge in [0, 0.05) is 61.3 Å². The Morgan fingerprint density at radius 3 is 1.52 bits per heavy atom. The Labute approximate surface area is 265 Å². The number of amides is 4. The number of hydrogen-bond donors (Lipinski definition) is 0. The molecule has 2 saturated carbocycles. The highest BCUT2D eigenvalue weighted by Crippen LogP contribution is 2.55. The average molecular weight is 611 g/mol. The zero-order chi connectivity index (χ0) is 31.2. The van der Waals surface area contributed by atoms with E-state index in [1.807, 2.05) is 50.2 Å². The predicted molar refractivity (Wildman–Crippen MR) is 176 cm³/mol. The van der Waals surface area contributed by atoms with Gasteiger partial charge in [-0.25, -0.2) is 0 Å². The van der Waals surface area contributed by atoms with Crippen LogP contribution in [0.2, 0.25) is 0 Å². The third-order valence-corrected chi connectivity index (χ3v) is 11.8. The summed E-state index contributed by atoms with van der Waals surface area (Å²) in [4.78, 5) is 59.9. The zero-order valence-corrected chi connectivity index (χ0v) is 26.1. The molecule has 0 unspecified atom stereocenters. The third-order valence-electron chi connectivity index (χ3n) is 11.8. The maximum absolute atomic E-state index is 14.3. The summed E-state index contributed by atoms with van der Waals surface area (Å²) in [6.45, 7) is 4.01. The Morgan fingerprint density at radius 1 is 0.543 bits per heavy atom. The Balaban J connectivity index is 1.31. The first-order valence-corrected chi connectivity index (χ1v) is 17.0. The monoisotopic (exact) mass is 610 g/mol. The van der Waals surface area contributed by atoms with Gasteiger partial charge in [0.05, 0.1) is 5.56 Å². The van der Waals surface area contributed by atoms with E-state index in [1.54, 1.807) is 0 Å². The van der Waals surface area contributed by atoms with Crippen molar-refractivity contribution >= 4 is 66.7 Å². The predicted octanol–water partition coefficient (Wildman–Crippen LogP) is 8.22.